The molecule has 0 aromatic carbocycles. The maximum absolute atomic E-state index is 10.5. The summed E-state index contributed by atoms with van der Waals surface area (Å²) < 4.78 is 5.29. The van der Waals surface area contributed by atoms with E-state index < -0.39 is 11.6 Å². The lowest BCUT2D eigenvalue weighted by Gasteiger charge is -2.16. The van der Waals surface area contributed by atoms with Gasteiger partial charge in [0, 0.05) is 0 Å². The molecule has 1 N–H and O–H groups in total. The number of carboxylic acid groups (broad SMARTS) is 1. The maximum Gasteiger partial charge on any atom is 0.347 e. The van der Waals surface area contributed by atoms with Gasteiger partial charge in [-0.1, -0.05) is 17.3 Å². The Morgan fingerprint density at radius 1 is 1.79 bits per heavy atom. The second-order valence-electron chi connectivity index (χ2n) is 3.05. The van der Waals surface area contributed by atoms with Gasteiger partial charge in [0.2, 0.25) is 0 Å². The van der Waals surface area contributed by atoms with Crippen LogP contribution in [0.4, 0.5) is 0 Å². The molecule has 0 aliphatic heterocycles. The molecule has 14 heavy (non-hydrogen) atoms. The first-order valence-electron chi connectivity index (χ1n) is 3.80. The van der Waals surface area contributed by atoms with Crippen LogP contribution in [-0.4, -0.2) is 21.7 Å². The van der Waals surface area contributed by atoms with E-state index in [1.54, 1.807) is 13.8 Å². The van der Waals surface area contributed by atoms with Gasteiger partial charge in [0.05, 0.1) is 6.20 Å². The number of hydrogen-bond acceptors (Lipinski definition) is 4. The van der Waals surface area contributed by atoms with Gasteiger partial charge >= 0.3 is 5.97 Å². The van der Waals surface area contributed by atoms with Gasteiger partial charge in [-0.3, -0.25) is 0 Å². The number of aromatic nitrogens is 1. The molecule has 0 amide bonds. The van der Waals surface area contributed by atoms with E-state index in [0.717, 1.165) is 11.3 Å². The zero-order chi connectivity index (χ0) is 10.8. The number of carbonyl (C=O) groups is 1. The molecular formula is C9H9NO3S. The van der Waals surface area contributed by atoms with Gasteiger partial charge in [-0.05, 0) is 13.8 Å². The molecule has 1 rings (SSSR count). The minimum absolute atomic E-state index is 0.132. The highest BCUT2D eigenvalue weighted by molar-refractivity contribution is 7.15. The number of rotatable bonds is 3. The molecule has 5 heteroatoms. The van der Waals surface area contributed by atoms with Crippen LogP contribution in [0.3, 0.4) is 0 Å². The molecule has 0 spiro atoms. The second kappa shape index (κ2) is 3.68. The van der Waals surface area contributed by atoms with Gasteiger partial charge in [0.15, 0.2) is 5.60 Å². The molecule has 0 aliphatic carbocycles. The number of nitrogens with zero attached hydrogens (tertiary/aromatic N) is 1. The summed E-state index contributed by atoms with van der Waals surface area (Å²) in [4.78, 5) is 14.4. The van der Waals surface area contributed by atoms with Crippen molar-refractivity contribution in [3.63, 3.8) is 0 Å². The summed E-state index contributed by atoms with van der Waals surface area (Å²) in [7, 11) is 0. The fourth-order valence-corrected chi connectivity index (χ4v) is 1.39. The van der Waals surface area contributed by atoms with Crippen molar-refractivity contribution in [1.82, 2.24) is 4.98 Å². The first kappa shape index (κ1) is 10.5. The Balaban J connectivity index is 2.80. The fraction of sp³-hybridized carbons (Fsp3) is 0.333. The zero-order valence-corrected chi connectivity index (χ0v) is 8.59. The predicted octanol–water partition coefficient (Wildman–Crippen LogP) is 1.63. The summed E-state index contributed by atoms with van der Waals surface area (Å²) in [5, 5.41) is 8.90. The quantitative estimate of drug-likeness (QED) is 0.772. The molecule has 1 aromatic rings. The molecule has 0 aliphatic rings. The summed E-state index contributed by atoms with van der Waals surface area (Å²) in [5.74, 6) is 1.41. The lowest BCUT2D eigenvalue weighted by Crippen LogP contribution is -2.25. The smallest absolute Gasteiger partial charge is 0.347 e. The number of thiazole rings is 1. The van der Waals surface area contributed by atoms with Crippen LogP contribution in [0.2, 0.25) is 0 Å². The van der Waals surface area contributed by atoms with Crippen molar-refractivity contribution in [3.8, 4) is 17.5 Å². The lowest BCUT2D eigenvalue weighted by atomic mass is 10.2. The average Bonchev–Trinajstić information content (AvgIpc) is 2.52. The Labute approximate surface area is 85.5 Å². The van der Waals surface area contributed by atoms with Crippen LogP contribution in [0.15, 0.2) is 6.20 Å². The van der Waals surface area contributed by atoms with Crippen LogP contribution < -0.4 is 4.74 Å². The van der Waals surface area contributed by atoms with Crippen molar-refractivity contribution < 1.29 is 14.6 Å². The third kappa shape index (κ3) is 2.47. The molecule has 0 bridgehead atoms. The SMILES string of the molecule is C#CC(C)(C)Oc1ncc(C(=O)O)s1. The molecule has 4 nitrogen and oxygen atoms in total. The van der Waals surface area contributed by atoms with E-state index in [-0.39, 0.29) is 10.1 Å². The minimum Gasteiger partial charge on any atom is -0.477 e. The van der Waals surface area contributed by atoms with Crippen molar-refractivity contribution in [3.05, 3.63) is 11.1 Å². The summed E-state index contributed by atoms with van der Waals surface area (Å²) in [6.07, 6.45) is 6.45. The van der Waals surface area contributed by atoms with Crippen LogP contribution in [0.1, 0.15) is 23.5 Å². The number of terminal acetylenes is 1. The van der Waals surface area contributed by atoms with Crippen molar-refractivity contribution in [2.75, 3.05) is 0 Å². The molecule has 0 saturated carbocycles. The minimum atomic E-state index is -1.02. The van der Waals surface area contributed by atoms with Gasteiger partial charge in [0.1, 0.15) is 4.88 Å². The van der Waals surface area contributed by atoms with Crippen LogP contribution in [-0.2, 0) is 0 Å². The van der Waals surface area contributed by atoms with Crippen LogP contribution in [0.25, 0.3) is 0 Å². The third-order valence-corrected chi connectivity index (χ3v) is 2.25. The van der Waals surface area contributed by atoms with Crippen LogP contribution in [0.5, 0.6) is 5.19 Å². The van der Waals surface area contributed by atoms with E-state index >= 15 is 0 Å². The highest BCUT2D eigenvalue weighted by atomic mass is 32.1. The van der Waals surface area contributed by atoms with Crippen LogP contribution >= 0.6 is 11.3 Å². The highest BCUT2D eigenvalue weighted by Gasteiger charge is 2.19. The summed E-state index contributed by atoms with van der Waals surface area (Å²) in [6, 6.07) is 0. The Kier molecular flexibility index (Phi) is 2.77. The molecule has 1 heterocycles. The second-order valence-corrected chi connectivity index (χ2v) is 4.05. The van der Waals surface area contributed by atoms with E-state index in [1.807, 2.05) is 0 Å². The van der Waals surface area contributed by atoms with Gasteiger partial charge in [-0.2, -0.15) is 0 Å². The van der Waals surface area contributed by atoms with Crippen molar-refractivity contribution >= 4 is 17.3 Å². The van der Waals surface area contributed by atoms with E-state index in [1.165, 1.54) is 6.20 Å². The monoisotopic (exact) mass is 211 g/mol. The van der Waals surface area contributed by atoms with Crippen molar-refractivity contribution in [2.45, 2.75) is 19.4 Å². The summed E-state index contributed by atoms with van der Waals surface area (Å²) >= 11 is 0.955. The van der Waals surface area contributed by atoms with E-state index in [2.05, 4.69) is 10.9 Å². The fourth-order valence-electron chi connectivity index (χ4n) is 0.652. The Morgan fingerprint density at radius 3 is 2.86 bits per heavy atom. The average molecular weight is 211 g/mol. The number of aromatic carboxylic acids is 1. The number of ether oxygens (including phenoxy) is 1. The van der Waals surface area contributed by atoms with Crippen LogP contribution in [0, 0.1) is 12.3 Å². The van der Waals surface area contributed by atoms with Crippen molar-refractivity contribution in [2.24, 2.45) is 0 Å². The standard InChI is InChI=1S/C9H9NO3S/c1-4-9(2,3)13-8-10-5-6(14-8)7(11)12/h1,5H,2-3H3,(H,11,12). The molecule has 0 saturated heterocycles. The number of carboxylic acids is 1. The highest BCUT2D eigenvalue weighted by Crippen LogP contribution is 2.24. The van der Waals surface area contributed by atoms with Gasteiger partial charge in [-0.15, -0.1) is 6.42 Å². The largest absolute Gasteiger partial charge is 0.477 e. The Hall–Kier alpha value is -1.54. The zero-order valence-electron chi connectivity index (χ0n) is 7.77. The van der Waals surface area contributed by atoms with E-state index in [4.69, 9.17) is 16.3 Å². The van der Waals surface area contributed by atoms with Gasteiger partial charge in [-0.25, -0.2) is 9.78 Å². The third-order valence-electron chi connectivity index (χ3n) is 1.39. The molecular weight excluding hydrogens is 202 g/mol. The normalized spacial score (nSPS) is 10.6. The summed E-state index contributed by atoms with van der Waals surface area (Å²) in [6.45, 7) is 3.41. The molecule has 1 aromatic heterocycles. The molecule has 0 fully saturated rings. The first-order chi connectivity index (χ1) is 6.44. The Morgan fingerprint density at radius 2 is 2.43 bits per heavy atom. The number of hydrogen-bond donors (Lipinski definition) is 1. The summed E-state index contributed by atoms with van der Waals surface area (Å²) in [5.41, 5.74) is -0.770. The first-order valence-corrected chi connectivity index (χ1v) is 4.62. The Bertz CT molecular complexity index is 389. The molecule has 74 valence electrons. The predicted molar refractivity (Wildman–Crippen MR) is 52.6 cm³/mol. The van der Waals surface area contributed by atoms with Gasteiger partial charge in [0.25, 0.3) is 5.19 Å². The molecule has 0 atom stereocenters. The topological polar surface area (TPSA) is 59.4 Å². The van der Waals surface area contributed by atoms with E-state index in [9.17, 15) is 4.79 Å². The molecule has 0 radical (unpaired) electrons. The maximum atomic E-state index is 10.5. The van der Waals surface area contributed by atoms with Gasteiger partial charge < -0.3 is 9.84 Å². The van der Waals surface area contributed by atoms with Crippen molar-refractivity contribution in [1.29, 1.82) is 0 Å². The van der Waals surface area contributed by atoms with E-state index in [0.29, 0.717) is 0 Å². The molecule has 0 unspecified atom stereocenters. The lowest BCUT2D eigenvalue weighted by molar-refractivity contribution is 0.0702.